The van der Waals surface area contributed by atoms with Crippen molar-refractivity contribution in [2.24, 2.45) is 10.9 Å². The number of likely N-dealkylation sites (tertiary alicyclic amines) is 2. The Hall–Kier alpha value is -1.55. The van der Waals surface area contributed by atoms with E-state index < -0.39 is 0 Å². The molecular formula is C23H37IN4O3. The van der Waals surface area contributed by atoms with Crippen molar-refractivity contribution in [1.29, 1.82) is 0 Å². The summed E-state index contributed by atoms with van der Waals surface area (Å²) in [6.45, 7) is 6.77. The van der Waals surface area contributed by atoms with Crippen molar-refractivity contribution >= 4 is 35.9 Å². The minimum atomic E-state index is -0.0957. The molecular weight excluding hydrogens is 507 g/mol. The normalized spacial score (nSPS) is 20.7. The number of benzene rings is 1. The lowest BCUT2D eigenvalue weighted by Gasteiger charge is -2.35. The summed E-state index contributed by atoms with van der Waals surface area (Å²) >= 11 is 0. The van der Waals surface area contributed by atoms with Crippen LogP contribution in [0.1, 0.15) is 44.2 Å². The number of aliphatic imine (C=N–C) groups is 1. The molecule has 0 radical (unpaired) electrons. The number of nitrogens with one attached hydrogen (secondary N) is 1. The van der Waals surface area contributed by atoms with Gasteiger partial charge in [-0.3, -0.25) is 14.7 Å². The number of guanidine groups is 1. The molecule has 1 aromatic carbocycles. The van der Waals surface area contributed by atoms with Crippen molar-refractivity contribution in [3.63, 3.8) is 0 Å². The zero-order valence-corrected chi connectivity index (χ0v) is 21.3. The van der Waals surface area contributed by atoms with Gasteiger partial charge in [0.15, 0.2) is 5.96 Å². The molecule has 1 aromatic rings. The standard InChI is InChI=1S/C23H36N4O3.HI/c1-4-30-22(28)18-10-9-15-27(17-18)23(24-2)25-16-20(26-13-7-8-14-26)19-11-5-6-12-21(19)29-3;/h5-6,11-12,18,20H,4,7-10,13-17H2,1-3H3,(H,24,25);1H. The Kier molecular flexibility index (Phi) is 10.9. The van der Waals surface area contributed by atoms with Crippen LogP contribution in [0, 0.1) is 5.92 Å². The molecule has 2 atom stereocenters. The van der Waals surface area contributed by atoms with Gasteiger partial charge in [-0.05, 0) is 51.8 Å². The molecule has 2 saturated heterocycles. The molecule has 0 amide bonds. The van der Waals surface area contributed by atoms with E-state index in [1.165, 1.54) is 18.4 Å². The van der Waals surface area contributed by atoms with Gasteiger partial charge in [0.2, 0.25) is 0 Å². The van der Waals surface area contributed by atoms with Gasteiger partial charge in [-0.1, -0.05) is 18.2 Å². The SMILES string of the molecule is CCOC(=O)C1CCCN(C(=NC)NCC(c2ccccc2OC)N2CCCC2)C1.I. The molecule has 174 valence electrons. The largest absolute Gasteiger partial charge is 0.496 e. The second-order valence-electron chi connectivity index (χ2n) is 7.97. The van der Waals surface area contributed by atoms with E-state index in [9.17, 15) is 4.79 Å². The fourth-order valence-electron chi connectivity index (χ4n) is 4.57. The van der Waals surface area contributed by atoms with Gasteiger partial charge in [0, 0.05) is 32.2 Å². The lowest BCUT2D eigenvalue weighted by Crippen LogP contribution is -2.50. The van der Waals surface area contributed by atoms with Gasteiger partial charge in [-0.15, -0.1) is 24.0 Å². The molecule has 1 N–H and O–H groups in total. The van der Waals surface area contributed by atoms with Crippen LogP contribution in [0.4, 0.5) is 0 Å². The Labute approximate surface area is 203 Å². The molecule has 3 rings (SSSR count). The first-order valence-electron chi connectivity index (χ1n) is 11.2. The maximum absolute atomic E-state index is 12.2. The molecule has 2 aliphatic heterocycles. The van der Waals surface area contributed by atoms with Gasteiger partial charge in [-0.25, -0.2) is 0 Å². The Morgan fingerprint density at radius 3 is 2.65 bits per heavy atom. The topological polar surface area (TPSA) is 66.4 Å². The number of nitrogens with zero attached hydrogens (tertiary/aromatic N) is 3. The van der Waals surface area contributed by atoms with Gasteiger partial charge in [0.25, 0.3) is 0 Å². The van der Waals surface area contributed by atoms with Crippen LogP contribution in [0.2, 0.25) is 0 Å². The van der Waals surface area contributed by atoms with E-state index in [2.05, 4.69) is 32.2 Å². The minimum absolute atomic E-state index is 0. The number of hydrogen-bond acceptors (Lipinski definition) is 5. The number of carbonyl (C=O) groups excluding carboxylic acids is 1. The van der Waals surface area contributed by atoms with Crippen molar-refractivity contribution in [1.82, 2.24) is 15.1 Å². The average Bonchev–Trinajstić information content (AvgIpc) is 3.32. The van der Waals surface area contributed by atoms with E-state index >= 15 is 0 Å². The number of rotatable bonds is 7. The number of esters is 1. The van der Waals surface area contributed by atoms with Gasteiger partial charge >= 0.3 is 5.97 Å². The lowest BCUT2D eigenvalue weighted by atomic mass is 9.98. The quantitative estimate of drug-likeness (QED) is 0.246. The van der Waals surface area contributed by atoms with E-state index in [1.54, 1.807) is 7.11 Å². The van der Waals surface area contributed by atoms with Crippen LogP contribution in [0.5, 0.6) is 5.75 Å². The summed E-state index contributed by atoms with van der Waals surface area (Å²) in [4.78, 5) is 21.4. The van der Waals surface area contributed by atoms with Crippen LogP contribution in [-0.2, 0) is 9.53 Å². The fourth-order valence-corrected chi connectivity index (χ4v) is 4.57. The summed E-state index contributed by atoms with van der Waals surface area (Å²) in [6.07, 6.45) is 4.30. The molecule has 2 aliphatic rings. The minimum Gasteiger partial charge on any atom is -0.496 e. The molecule has 0 saturated carbocycles. The molecule has 0 aromatic heterocycles. The number of hydrogen-bond donors (Lipinski definition) is 1. The Balaban J connectivity index is 0.00000341. The van der Waals surface area contributed by atoms with Crippen LogP contribution in [0.3, 0.4) is 0 Å². The third-order valence-corrected chi connectivity index (χ3v) is 6.09. The van der Waals surface area contributed by atoms with Crippen molar-refractivity contribution in [2.75, 3.05) is 53.5 Å². The summed E-state index contributed by atoms with van der Waals surface area (Å²) in [5.41, 5.74) is 1.20. The Bertz CT molecular complexity index is 725. The number of carbonyl (C=O) groups is 1. The lowest BCUT2D eigenvalue weighted by molar-refractivity contribution is -0.149. The number of methoxy groups -OCH3 is 1. The van der Waals surface area contributed by atoms with Gasteiger partial charge in [0.1, 0.15) is 5.75 Å². The molecule has 31 heavy (non-hydrogen) atoms. The van der Waals surface area contributed by atoms with Crippen LogP contribution in [0.25, 0.3) is 0 Å². The molecule has 0 spiro atoms. The third-order valence-electron chi connectivity index (χ3n) is 6.09. The monoisotopic (exact) mass is 544 g/mol. The highest BCUT2D eigenvalue weighted by Gasteiger charge is 2.30. The first-order valence-corrected chi connectivity index (χ1v) is 11.2. The first kappa shape index (κ1) is 25.7. The predicted octanol–water partition coefficient (Wildman–Crippen LogP) is 3.30. The second-order valence-corrected chi connectivity index (χ2v) is 7.97. The second kappa shape index (κ2) is 13.1. The van der Waals surface area contributed by atoms with Crippen molar-refractivity contribution in [3.05, 3.63) is 29.8 Å². The Morgan fingerprint density at radius 1 is 1.23 bits per heavy atom. The maximum atomic E-state index is 12.2. The smallest absolute Gasteiger partial charge is 0.310 e. The number of para-hydroxylation sites is 1. The van der Waals surface area contributed by atoms with Gasteiger partial charge in [0.05, 0.1) is 25.7 Å². The molecule has 0 aliphatic carbocycles. The maximum Gasteiger partial charge on any atom is 0.310 e. The van der Waals surface area contributed by atoms with E-state index in [1.807, 2.05) is 26.1 Å². The number of halogens is 1. The van der Waals surface area contributed by atoms with Crippen LogP contribution in [0.15, 0.2) is 29.3 Å². The zero-order chi connectivity index (χ0) is 21.3. The number of ether oxygens (including phenoxy) is 2. The Morgan fingerprint density at radius 2 is 1.97 bits per heavy atom. The van der Waals surface area contributed by atoms with Gasteiger partial charge in [-0.2, -0.15) is 0 Å². The summed E-state index contributed by atoms with van der Waals surface area (Å²) in [5, 5.41) is 3.58. The van der Waals surface area contributed by atoms with Crippen LogP contribution in [-0.4, -0.2) is 75.2 Å². The summed E-state index contributed by atoms with van der Waals surface area (Å²) < 4.78 is 10.9. The molecule has 2 fully saturated rings. The molecule has 8 heteroatoms. The van der Waals surface area contributed by atoms with Crippen molar-refractivity contribution in [3.8, 4) is 5.75 Å². The first-order chi connectivity index (χ1) is 14.7. The number of piperidine rings is 1. The van der Waals surface area contributed by atoms with E-state index in [4.69, 9.17) is 9.47 Å². The van der Waals surface area contributed by atoms with Crippen molar-refractivity contribution in [2.45, 2.75) is 38.6 Å². The summed E-state index contributed by atoms with van der Waals surface area (Å²) in [7, 11) is 3.54. The molecule has 2 unspecified atom stereocenters. The summed E-state index contributed by atoms with van der Waals surface area (Å²) in [5.74, 6) is 1.59. The van der Waals surface area contributed by atoms with E-state index in [-0.39, 0.29) is 41.9 Å². The van der Waals surface area contributed by atoms with E-state index in [0.29, 0.717) is 13.2 Å². The molecule has 0 bridgehead atoms. The van der Waals surface area contributed by atoms with Crippen LogP contribution < -0.4 is 10.1 Å². The summed E-state index contributed by atoms with van der Waals surface area (Å²) in [6, 6.07) is 8.49. The highest BCUT2D eigenvalue weighted by Crippen LogP contribution is 2.31. The van der Waals surface area contributed by atoms with Crippen LogP contribution >= 0.6 is 24.0 Å². The molecule has 2 heterocycles. The van der Waals surface area contributed by atoms with Gasteiger partial charge < -0.3 is 19.7 Å². The predicted molar refractivity (Wildman–Crippen MR) is 134 cm³/mol. The average molecular weight is 544 g/mol. The third kappa shape index (κ3) is 6.71. The fraction of sp³-hybridized carbons (Fsp3) is 0.652. The molecule has 7 nitrogen and oxygen atoms in total. The van der Waals surface area contributed by atoms with E-state index in [0.717, 1.165) is 50.7 Å². The zero-order valence-electron chi connectivity index (χ0n) is 19.0. The highest BCUT2D eigenvalue weighted by atomic mass is 127. The van der Waals surface area contributed by atoms with Crippen molar-refractivity contribution < 1.29 is 14.3 Å². The highest BCUT2D eigenvalue weighted by molar-refractivity contribution is 14.0.